The molecule has 14 heteroatoms. The maximum Gasteiger partial charge on any atom is 0.356 e. The Bertz CT molecular complexity index is 1030. The molecule has 0 bridgehead atoms. The number of hydrogen-bond acceptors (Lipinski definition) is 11. The summed E-state index contributed by atoms with van der Waals surface area (Å²) in [5.41, 5.74) is 11.3. The second-order valence-corrected chi connectivity index (χ2v) is 17.9. The van der Waals surface area contributed by atoms with E-state index in [4.69, 9.17) is 30.4 Å². The molecule has 0 saturated carbocycles. The lowest BCUT2D eigenvalue weighted by molar-refractivity contribution is -0.166. The van der Waals surface area contributed by atoms with E-state index in [1.54, 1.807) is 0 Å². The van der Waals surface area contributed by atoms with Crippen molar-refractivity contribution in [3.8, 4) is 0 Å². The Balaban J connectivity index is 4.88. The third kappa shape index (κ3) is 35.2. The largest absolute Gasteiger partial charge is 0.462 e. The van der Waals surface area contributed by atoms with Crippen molar-refractivity contribution in [2.45, 2.75) is 237 Å². The van der Waals surface area contributed by atoms with Gasteiger partial charge in [0, 0.05) is 12.8 Å². The van der Waals surface area contributed by atoms with E-state index in [-0.39, 0.29) is 19.4 Å². The van der Waals surface area contributed by atoms with Crippen LogP contribution in [0.4, 0.5) is 0 Å². The number of ether oxygens (including phenoxy) is 4. The molecule has 0 aromatic heterocycles. The summed E-state index contributed by atoms with van der Waals surface area (Å²) in [6.07, 6.45) is 29.3. The zero-order valence-corrected chi connectivity index (χ0v) is 37.7. The van der Waals surface area contributed by atoms with Crippen LogP contribution in [0, 0.1) is 0 Å². The molecule has 13 nitrogen and oxygen atoms in total. The van der Waals surface area contributed by atoms with Crippen molar-refractivity contribution in [3.63, 3.8) is 0 Å². The summed E-state index contributed by atoms with van der Waals surface area (Å²) in [5, 5.41) is 10.6. The monoisotopic (exact) mass is 851 g/mol. The van der Waals surface area contributed by atoms with Crippen LogP contribution >= 0.6 is 7.60 Å². The van der Waals surface area contributed by atoms with Crippen LogP contribution in [-0.4, -0.2) is 83.3 Å². The van der Waals surface area contributed by atoms with E-state index in [9.17, 15) is 33.8 Å². The summed E-state index contributed by atoms with van der Waals surface area (Å²) in [4.78, 5) is 57.6. The molecule has 0 spiro atoms. The highest BCUT2D eigenvalue weighted by atomic mass is 31.2. The molecular formula is C44H87N2O11P. The maximum absolute atomic E-state index is 12.8. The predicted molar refractivity (Wildman–Crippen MR) is 231 cm³/mol. The van der Waals surface area contributed by atoms with E-state index < -0.39 is 62.8 Å². The molecule has 0 aliphatic rings. The molecule has 0 aliphatic carbocycles. The molecule has 4 atom stereocenters. The quantitative estimate of drug-likeness (QED) is 0.0167. The first kappa shape index (κ1) is 56.4. The molecule has 0 fully saturated rings. The van der Waals surface area contributed by atoms with Crippen molar-refractivity contribution in [2.75, 3.05) is 26.4 Å². The Morgan fingerprint density at radius 3 is 1.38 bits per heavy atom. The SMILES string of the molecule is CCCCCCCCCCCCCCCC(=O)OC[C@H](COC(C(O)COC(=O)[C@@H](N)CCCCN)P(=O)(O)O)OC(=O)CCCCCCCCCCCCCCC. The highest BCUT2D eigenvalue weighted by molar-refractivity contribution is 7.52. The minimum Gasteiger partial charge on any atom is -0.462 e. The summed E-state index contributed by atoms with van der Waals surface area (Å²) in [7, 11) is -5.10. The fraction of sp³-hybridized carbons (Fsp3) is 0.932. The van der Waals surface area contributed by atoms with Crippen LogP contribution in [0.15, 0.2) is 0 Å². The van der Waals surface area contributed by atoms with Crippen LogP contribution in [0.5, 0.6) is 0 Å². The van der Waals surface area contributed by atoms with Crippen molar-refractivity contribution in [1.82, 2.24) is 0 Å². The van der Waals surface area contributed by atoms with Gasteiger partial charge in [0.2, 0.25) is 0 Å². The summed E-state index contributed by atoms with van der Waals surface area (Å²) in [6, 6.07) is -0.985. The zero-order valence-electron chi connectivity index (χ0n) is 36.8. The highest BCUT2D eigenvalue weighted by Crippen LogP contribution is 2.43. The summed E-state index contributed by atoms with van der Waals surface area (Å²) >= 11 is 0. The maximum atomic E-state index is 12.8. The number of esters is 3. The van der Waals surface area contributed by atoms with Crippen molar-refractivity contribution in [3.05, 3.63) is 0 Å². The number of aliphatic hydroxyl groups is 1. The van der Waals surface area contributed by atoms with Gasteiger partial charge in [-0.3, -0.25) is 18.9 Å². The average Bonchev–Trinajstić information content (AvgIpc) is 3.18. The van der Waals surface area contributed by atoms with Gasteiger partial charge in [0.1, 0.15) is 25.4 Å². The van der Waals surface area contributed by atoms with E-state index in [0.29, 0.717) is 38.6 Å². The first-order valence-electron chi connectivity index (χ1n) is 23.3. The molecule has 0 aliphatic heterocycles. The van der Waals surface area contributed by atoms with Gasteiger partial charge in [0.25, 0.3) is 0 Å². The van der Waals surface area contributed by atoms with Gasteiger partial charge in [-0.2, -0.15) is 0 Å². The summed E-state index contributed by atoms with van der Waals surface area (Å²) in [5.74, 6) is -3.95. The van der Waals surface area contributed by atoms with Gasteiger partial charge in [-0.25, -0.2) is 0 Å². The van der Waals surface area contributed by atoms with Crippen LogP contribution in [0.2, 0.25) is 0 Å². The van der Waals surface area contributed by atoms with E-state index >= 15 is 0 Å². The number of carbonyl (C=O) groups excluding carboxylic acids is 3. The minimum absolute atomic E-state index is 0.132. The molecule has 0 aromatic carbocycles. The minimum atomic E-state index is -5.10. The van der Waals surface area contributed by atoms with Crippen molar-refractivity contribution < 1.29 is 52.8 Å². The lowest BCUT2D eigenvalue weighted by Gasteiger charge is -2.26. The summed E-state index contributed by atoms with van der Waals surface area (Å²) in [6.45, 7) is 3.17. The Hall–Kier alpha value is -1.60. The van der Waals surface area contributed by atoms with Crippen molar-refractivity contribution >= 4 is 25.5 Å². The van der Waals surface area contributed by atoms with Gasteiger partial charge in [0.05, 0.1) is 6.61 Å². The molecule has 344 valence electrons. The van der Waals surface area contributed by atoms with Crippen LogP contribution in [0.1, 0.15) is 213 Å². The number of carbonyl (C=O) groups is 3. The second-order valence-electron chi connectivity index (χ2n) is 16.2. The van der Waals surface area contributed by atoms with E-state index in [2.05, 4.69) is 13.8 Å². The number of hydrogen-bond donors (Lipinski definition) is 5. The van der Waals surface area contributed by atoms with E-state index in [0.717, 1.165) is 38.5 Å². The predicted octanol–water partition coefficient (Wildman–Crippen LogP) is 9.28. The van der Waals surface area contributed by atoms with Crippen LogP contribution in [0.3, 0.4) is 0 Å². The normalized spacial score (nSPS) is 13.8. The van der Waals surface area contributed by atoms with E-state index in [1.165, 1.54) is 116 Å². The molecular weight excluding hydrogens is 763 g/mol. The molecule has 58 heavy (non-hydrogen) atoms. The van der Waals surface area contributed by atoms with Crippen molar-refractivity contribution in [2.24, 2.45) is 11.5 Å². The lowest BCUT2D eigenvalue weighted by atomic mass is 10.0. The fourth-order valence-electron chi connectivity index (χ4n) is 6.81. The first-order valence-corrected chi connectivity index (χ1v) is 25.0. The number of nitrogens with two attached hydrogens (primary N) is 2. The van der Waals surface area contributed by atoms with Gasteiger partial charge >= 0.3 is 25.5 Å². The molecule has 0 heterocycles. The van der Waals surface area contributed by atoms with Crippen LogP contribution in [-0.2, 0) is 37.9 Å². The standard InChI is InChI=1S/C44H87N2O11P/c1-3-5-7-9-11-13-15-17-19-21-23-25-27-32-41(48)54-35-38(57-42(49)33-28-26-24-22-20-18-16-14-12-10-8-6-4-2)36-56-44(58(51,52)53)40(47)37-55-43(50)39(46)31-29-30-34-45/h38-40,44,47H,3-37,45-46H2,1-2H3,(H2,51,52,53)/t38-,39+,40?,44?/m1/s1. The Morgan fingerprint density at radius 1 is 0.552 bits per heavy atom. The Morgan fingerprint density at radius 2 is 0.966 bits per heavy atom. The number of aliphatic hydroxyl groups excluding tert-OH is 1. The Kier molecular flexibility index (Phi) is 38.4. The topological polar surface area (TPSA) is 218 Å². The molecule has 0 saturated heterocycles. The van der Waals surface area contributed by atoms with Gasteiger partial charge in [-0.05, 0) is 32.2 Å². The fourth-order valence-corrected chi connectivity index (χ4v) is 7.63. The van der Waals surface area contributed by atoms with Gasteiger partial charge in [-0.15, -0.1) is 0 Å². The number of rotatable bonds is 43. The Labute approximate surface area is 352 Å². The zero-order chi connectivity index (χ0) is 43.1. The smallest absolute Gasteiger partial charge is 0.356 e. The van der Waals surface area contributed by atoms with Gasteiger partial charge in [-0.1, -0.05) is 174 Å². The number of unbranched alkanes of at least 4 members (excludes halogenated alkanes) is 25. The highest BCUT2D eigenvalue weighted by Gasteiger charge is 2.38. The molecule has 0 rings (SSSR count). The van der Waals surface area contributed by atoms with Gasteiger partial charge in [0.15, 0.2) is 11.9 Å². The molecule has 7 N–H and O–H groups in total. The van der Waals surface area contributed by atoms with Crippen molar-refractivity contribution in [1.29, 1.82) is 0 Å². The van der Waals surface area contributed by atoms with E-state index in [1.807, 2.05) is 0 Å². The molecule has 0 amide bonds. The molecule has 0 radical (unpaired) electrons. The van der Waals surface area contributed by atoms with Gasteiger partial charge < -0.3 is 45.3 Å². The average molecular weight is 851 g/mol. The van der Waals surface area contributed by atoms with Crippen LogP contribution < -0.4 is 11.5 Å². The first-order chi connectivity index (χ1) is 28.0. The third-order valence-electron chi connectivity index (χ3n) is 10.5. The molecule has 0 aromatic rings. The third-order valence-corrected chi connectivity index (χ3v) is 11.6. The summed E-state index contributed by atoms with van der Waals surface area (Å²) < 4.78 is 33.7. The van der Waals surface area contributed by atoms with Crippen LogP contribution in [0.25, 0.3) is 0 Å². The second kappa shape index (κ2) is 39.5. The lowest BCUT2D eigenvalue weighted by Crippen LogP contribution is -2.40. The molecule has 2 unspecified atom stereocenters.